The van der Waals surface area contributed by atoms with E-state index in [1.165, 1.54) is 0 Å². The van der Waals surface area contributed by atoms with Gasteiger partial charge in [-0.2, -0.15) is 0 Å². The first-order valence-corrected chi connectivity index (χ1v) is 4.95. The van der Waals surface area contributed by atoms with Gasteiger partial charge in [-0.05, 0) is 25.0 Å². The van der Waals surface area contributed by atoms with Crippen molar-refractivity contribution in [2.24, 2.45) is 22.6 Å². The molecule has 0 saturated carbocycles. The number of hydrogen-bond donors (Lipinski definition) is 1. The van der Waals surface area contributed by atoms with Gasteiger partial charge in [-0.15, -0.1) is 0 Å². The number of hydrogen-bond acceptors (Lipinski definition) is 2. The van der Waals surface area contributed by atoms with Crippen molar-refractivity contribution in [2.75, 3.05) is 6.54 Å². The molecule has 1 aliphatic carbocycles. The lowest BCUT2D eigenvalue weighted by molar-refractivity contribution is -0.114. The number of nitrogens with zero attached hydrogens (tertiary/aromatic N) is 1. The van der Waals surface area contributed by atoms with Gasteiger partial charge in [-0.1, -0.05) is 18.2 Å². The molecule has 1 aliphatic heterocycles. The Hall–Kier alpha value is -1.38. The molecule has 2 unspecified atom stereocenters. The van der Waals surface area contributed by atoms with E-state index < -0.39 is 0 Å². The average Bonchev–Trinajstić information content (AvgIpc) is 2.41. The summed E-state index contributed by atoms with van der Waals surface area (Å²) in [5.74, 6) is 0.551. The number of allylic oxidation sites excluding steroid dienone is 1. The second-order valence-corrected chi connectivity index (χ2v) is 3.80. The highest BCUT2D eigenvalue weighted by Crippen LogP contribution is 2.28. The molecule has 0 saturated heterocycles. The molecule has 14 heavy (non-hydrogen) atoms. The summed E-state index contributed by atoms with van der Waals surface area (Å²) in [6.45, 7) is 0.784. The Morgan fingerprint density at radius 1 is 1.50 bits per heavy atom. The number of carbonyl (C=O) groups excluding carboxylic acids is 1. The molecule has 3 heteroatoms. The van der Waals surface area contributed by atoms with Gasteiger partial charge in [0.2, 0.25) is 5.91 Å². The number of rotatable bonds is 1. The molecule has 0 spiro atoms. The molecule has 0 fully saturated rings. The predicted molar refractivity (Wildman–Crippen MR) is 56.0 cm³/mol. The molecule has 2 N–H and O–H groups in total. The Kier molecular flexibility index (Phi) is 2.48. The van der Waals surface area contributed by atoms with Crippen LogP contribution in [0, 0.1) is 11.8 Å². The SMILES string of the molecule is NC(=O)C1=CC2CN=CCCC2C=C1. The number of primary amides is 1. The lowest BCUT2D eigenvalue weighted by Gasteiger charge is -2.22. The summed E-state index contributed by atoms with van der Waals surface area (Å²) in [5, 5.41) is 0. The minimum absolute atomic E-state index is 0.340. The molecule has 0 aromatic heterocycles. The molecule has 0 aromatic carbocycles. The first-order chi connectivity index (χ1) is 6.77. The highest BCUT2D eigenvalue weighted by molar-refractivity contribution is 5.95. The minimum Gasteiger partial charge on any atom is -0.366 e. The summed E-state index contributed by atoms with van der Waals surface area (Å²) in [6.07, 6.45) is 10.0. The zero-order chi connectivity index (χ0) is 9.97. The zero-order valence-corrected chi connectivity index (χ0v) is 8.02. The van der Waals surface area contributed by atoms with E-state index in [2.05, 4.69) is 11.1 Å². The molecule has 1 amide bonds. The molecular weight excluding hydrogens is 176 g/mol. The smallest absolute Gasteiger partial charge is 0.248 e. The first-order valence-electron chi connectivity index (χ1n) is 4.95. The van der Waals surface area contributed by atoms with E-state index in [1.54, 1.807) is 0 Å². The van der Waals surface area contributed by atoms with Crippen LogP contribution in [0.2, 0.25) is 0 Å². The van der Waals surface area contributed by atoms with Crippen LogP contribution in [0.3, 0.4) is 0 Å². The summed E-state index contributed by atoms with van der Waals surface area (Å²) in [5.41, 5.74) is 5.86. The van der Waals surface area contributed by atoms with Crippen LogP contribution >= 0.6 is 0 Å². The van der Waals surface area contributed by atoms with Gasteiger partial charge in [0.1, 0.15) is 0 Å². The van der Waals surface area contributed by atoms with Crippen molar-refractivity contribution < 1.29 is 4.79 Å². The Balaban J connectivity index is 2.19. The van der Waals surface area contributed by atoms with Gasteiger partial charge < -0.3 is 5.73 Å². The lowest BCUT2D eigenvalue weighted by atomic mass is 9.83. The quantitative estimate of drug-likeness (QED) is 0.660. The molecule has 3 nitrogen and oxygen atoms in total. The van der Waals surface area contributed by atoms with E-state index in [0.29, 0.717) is 17.4 Å². The van der Waals surface area contributed by atoms with Gasteiger partial charge in [0.05, 0.1) is 0 Å². The summed E-state index contributed by atoms with van der Waals surface area (Å²) in [4.78, 5) is 15.3. The average molecular weight is 190 g/mol. The van der Waals surface area contributed by atoms with Crippen LogP contribution in [0.4, 0.5) is 0 Å². The summed E-state index contributed by atoms with van der Waals surface area (Å²) < 4.78 is 0. The Morgan fingerprint density at radius 2 is 2.36 bits per heavy atom. The Labute approximate surface area is 83.4 Å². The van der Waals surface area contributed by atoms with E-state index in [9.17, 15) is 4.79 Å². The van der Waals surface area contributed by atoms with E-state index in [4.69, 9.17) is 5.73 Å². The molecule has 0 aromatic rings. The van der Waals surface area contributed by atoms with Crippen LogP contribution in [0.25, 0.3) is 0 Å². The van der Waals surface area contributed by atoms with Crippen LogP contribution in [-0.2, 0) is 4.79 Å². The Morgan fingerprint density at radius 3 is 3.14 bits per heavy atom. The highest BCUT2D eigenvalue weighted by Gasteiger charge is 2.22. The lowest BCUT2D eigenvalue weighted by Crippen LogP contribution is -2.21. The molecule has 2 aliphatic rings. The summed E-state index contributed by atoms with van der Waals surface area (Å²) in [6, 6.07) is 0. The minimum atomic E-state index is -0.340. The fourth-order valence-electron chi connectivity index (χ4n) is 2.00. The van der Waals surface area contributed by atoms with Crippen molar-refractivity contribution >= 4 is 12.1 Å². The van der Waals surface area contributed by atoms with E-state index in [0.717, 1.165) is 19.4 Å². The van der Waals surface area contributed by atoms with Crippen molar-refractivity contribution in [1.29, 1.82) is 0 Å². The third-order valence-corrected chi connectivity index (χ3v) is 2.83. The van der Waals surface area contributed by atoms with Crippen LogP contribution < -0.4 is 5.73 Å². The van der Waals surface area contributed by atoms with Crippen LogP contribution in [0.1, 0.15) is 12.8 Å². The maximum absolute atomic E-state index is 11.0. The van der Waals surface area contributed by atoms with Gasteiger partial charge in [-0.3, -0.25) is 9.79 Å². The zero-order valence-electron chi connectivity index (χ0n) is 8.02. The maximum atomic E-state index is 11.0. The van der Waals surface area contributed by atoms with Crippen molar-refractivity contribution in [2.45, 2.75) is 12.8 Å². The van der Waals surface area contributed by atoms with Gasteiger partial charge in [0.15, 0.2) is 0 Å². The second-order valence-electron chi connectivity index (χ2n) is 3.80. The fourth-order valence-corrected chi connectivity index (χ4v) is 2.00. The second kappa shape index (κ2) is 3.78. The molecular formula is C11H14N2O. The third kappa shape index (κ3) is 1.76. The molecule has 0 radical (unpaired) electrons. The number of aliphatic imine (C=N–C) groups is 1. The monoisotopic (exact) mass is 190 g/mol. The van der Waals surface area contributed by atoms with Crippen molar-refractivity contribution in [1.82, 2.24) is 0 Å². The first kappa shape index (κ1) is 9.19. The molecule has 2 rings (SSSR count). The van der Waals surface area contributed by atoms with Gasteiger partial charge in [-0.25, -0.2) is 0 Å². The van der Waals surface area contributed by atoms with Crippen molar-refractivity contribution in [3.8, 4) is 0 Å². The number of amides is 1. The standard InChI is InChI=1S/C11H14N2O/c12-11(14)9-4-3-8-2-1-5-13-7-10(8)6-9/h3-6,8,10H,1-2,7H2,(H2,12,14). The van der Waals surface area contributed by atoms with Gasteiger partial charge >= 0.3 is 0 Å². The predicted octanol–water partition coefficient (Wildman–Crippen LogP) is 1.06. The van der Waals surface area contributed by atoms with Crippen LogP contribution in [0.15, 0.2) is 28.8 Å². The fraction of sp³-hybridized carbons (Fsp3) is 0.455. The summed E-state index contributed by atoms with van der Waals surface area (Å²) >= 11 is 0. The highest BCUT2D eigenvalue weighted by atomic mass is 16.1. The van der Waals surface area contributed by atoms with Crippen LogP contribution in [0.5, 0.6) is 0 Å². The largest absolute Gasteiger partial charge is 0.366 e. The third-order valence-electron chi connectivity index (χ3n) is 2.83. The van der Waals surface area contributed by atoms with Gasteiger partial charge in [0.25, 0.3) is 0 Å². The van der Waals surface area contributed by atoms with Crippen molar-refractivity contribution in [3.63, 3.8) is 0 Å². The van der Waals surface area contributed by atoms with Crippen LogP contribution in [-0.4, -0.2) is 18.7 Å². The van der Waals surface area contributed by atoms with E-state index in [-0.39, 0.29) is 5.91 Å². The molecule has 74 valence electrons. The maximum Gasteiger partial charge on any atom is 0.248 e. The Bertz CT molecular complexity index is 328. The van der Waals surface area contributed by atoms with Crippen molar-refractivity contribution in [3.05, 3.63) is 23.8 Å². The summed E-state index contributed by atoms with van der Waals surface area (Å²) in [7, 11) is 0. The number of carbonyl (C=O) groups is 1. The topological polar surface area (TPSA) is 55.5 Å². The number of fused-ring (bicyclic) bond motifs is 1. The molecule has 1 heterocycles. The normalized spacial score (nSPS) is 30.4. The van der Waals surface area contributed by atoms with E-state index >= 15 is 0 Å². The van der Waals surface area contributed by atoms with Gasteiger partial charge in [0, 0.05) is 18.0 Å². The molecule has 2 atom stereocenters. The molecule has 0 bridgehead atoms. The van der Waals surface area contributed by atoms with E-state index in [1.807, 2.05) is 18.4 Å². The number of nitrogens with two attached hydrogens (primary N) is 1.